The maximum absolute atomic E-state index is 14.4. The maximum atomic E-state index is 14.4. The number of rotatable bonds is 4. The molecule has 0 saturated carbocycles. The van der Waals surface area contributed by atoms with Gasteiger partial charge in [0, 0.05) is 17.3 Å². The number of carbonyl (C=O) groups is 2. The first-order valence-corrected chi connectivity index (χ1v) is 10.6. The number of benzene rings is 1. The molecule has 28 heavy (non-hydrogen) atoms. The number of amides is 2. The summed E-state index contributed by atoms with van der Waals surface area (Å²) in [7, 11) is -3.28. The van der Waals surface area contributed by atoms with Crippen LogP contribution in [0.25, 0.3) is 0 Å². The van der Waals surface area contributed by atoms with E-state index in [1.807, 2.05) is 0 Å². The number of nitrogens with one attached hydrogen (secondary N) is 1. The molecule has 2 aliphatic heterocycles. The van der Waals surface area contributed by atoms with Crippen LogP contribution in [0, 0.1) is 11.6 Å². The van der Waals surface area contributed by atoms with Crippen molar-refractivity contribution in [3.63, 3.8) is 0 Å². The van der Waals surface area contributed by atoms with Crippen molar-refractivity contribution >= 4 is 21.8 Å². The third-order valence-corrected chi connectivity index (χ3v) is 6.62. The van der Waals surface area contributed by atoms with Crippen LogP contribution in [-0.2, 0) is 19.4 Å². The highest BCUT2D eigenvalue weighted by atomic mass is 32.2. The molecule has 2 heterocycles. The number of esters is 1. The monoisotopic (exact) mass is 414 g/mol. The van der Waals surface area contributed by atoms with Crippen molar-refractivity contribution in [3.05, 3.63) is 46.7 Å². The molecule has 7 nitrogen and oxygen atoms in total. The molecule has 1 aromatic carbocycles. The largest absolute Gasteiger partial charge is 0.463 e. The highest BCUT2D eigenvalue weighted by Crippen LogP contribution is 2.35. The number of urea groups is 1. The minimum absolute atomic E-state index is 0.0174. The number of halogens is 2. The first-order chi connectivity index (χ1) is 13.1. The van der Waals surface area contributed by atoms with E-state index < -0.39 is 45.6 Å². The predicted octanol–water partition coefficient (Wildman–Crippen LogP) is 2.06. The van der Waals surface area contributed by atoms with Gasteiger partial charge >= 0.3 is 12.0 Å². The smallest absolute Gasteiger partial charge is 0.338 e. The van der Waals surface area contributed by atoms with Crippen LogP contribution in [0.15, 0.2) is 29.5 Å². The summed E-state index contributed by atoms with van der Waals surface area (Å²) in [4.78, 5) is 26.5. The zero-order valence-corrected chi connectivity index (χ0v) is 16.2. The number of ether oxygens (including phenoxy) is 1. The fourth-order valence-electron chi connectivity index (χ4n) is 3.62. The Morgan fingerprint density at radius 3 is 2.64 bits per heavy atom. The van der Waals surface area contributed by atoms with Gasteiger partial charge in [-0.1, -0.05) is 6.07 Å². The summed E-state index contributed by atoms with van der Waals surface area (Å²) >= 11 is 0. The van der Waals surface area contributed by atoms with E-state index in [4.69, 9.17) is 4.74 Å². The van der Waals surface area contributed by atoms with Crippen LogP contribution in [0.1, 0.15) is 31.9 Å². The Hall–Kier alpha value is -2.49. The lowest BCUT2D eigenvalue weighted by Crippen LogP contribution is -2.52. The van der Waals surface area contributed by atoms with Gasteiger partial charge in [-0.3, -0.25) is 4.90 Å². The zero-order chi connectivity index (χ0) is 20.6. The molecule has 0 spiro atoms. The van der Waals surface area contributed by atoms with Crippen LogP contribution in [0.5, 0.6) is 0 Å². The fourth-order valence-corrected chi connectivity index (χ4v) is 5.32. The summed E-state index contributed by atoms with van der Waals surface area (Å²) in [6, 6.07) is 0.377. The predicted molar refractivity (Wildman–Crippen MR) is 95.9 cm³/mol. The minimum Gasteiger partial charge on any atom is -0.463 e. The number of hydrogen-bond acceptors (Lipinski definition) is 5. The summed E-state index contributed by atoms with van der Waals surface area (Å²) in [5.74, 6) is -2.75. The summed E-state index contributed by atoms with van der Waals surface area (Å²) in [6.07, 6.45) is 0.235. The molecule has 152 valence electrons. The van der Waals surface area contributed by atoms with E-state index in [1.165, 1.54) is 11.8 Å². The molecule has 0 unspecified atom stereocenters. The quantitative estimate of drug-likeness (QED) is 0.762. The van der Waals surface area contributed by atoms with Crippen LogP contribution in [0.4, 0.5) is 13.6 Å². The number of nitrogens with zero attached hydrogens (tertiary/aromatic N) is 1. The van der Waals surface area contributed by atoms with Gasteiger partial charge < -0.3 is 10.1 Å². The normalized spacial score (nSPS) is 24.3. The molecule has 1 aromatic rings. The van der Waals surface area contributed by atoms with Crippen molar-refractivity contribution in [2.24, 2.45) is 0 Å². The number of sulfone groups is 1. The third-order valence-electron chi connectivity index (χ3n) is 4.87. The summed E-state index contributed by atoms with van der Waals surface area (Å²) < 4.78 is 56.4. The molecule has 1 N–H and O–H groups in total. The van der Waals surface area contributed by atoms with E-state index >= 15 is 0 Å². The molecule has 2 amide bonds. The van der Waals surface area contributed by atoms with Crippen LogP contribution in [-0.4, -0.2) is 49.5 Å². The van der Waals surface area contributed by atoms with Crippen molar-refractivity contribution < 1.29 is 31.5 Å². The molecule has 0 aliphatic carbocycles. The van der Waals surface area contributed by atoms with Crippen molar-refractivity contribution in [2.75, 3.05) is 18.1 Å². The fraction of sp³-hybridized carbons (Fsp3) is 0.444. The Labute approximate surface area is 161 Å². The Morgan fingerprint density at radius 2 is 2.07 bits per heavy atom. The van der Waals surface area contributed by atoms with Crippen LogP contribution < -0.4 is 5.32 Å². The Balaban J connectivity index is 2.09. The molecule has 0 radical (unpaired) electrons. The molecular weight excluding hydrogens is 394 g/mol. The lowest BCUT2D eigenvalue weighted by atomic mass is 9.93. The van der Waals surface area contributed by atoms with Crippen molar-refractivity contribution in [1.29, 1.82) is 0 Å². The molecule has 10 heteroatoms. The van der Waals surface area contributed by atoms with Crippen LogP contribution in [0.2, 0.25) is 0 Å². The molecule has 1 saturated heterocycles. The summed E-state index contributed by atoms with van der Waals surface area (Å²) in [6.45, 7) is 3.15. The van der Waals surface area contributed by atoms with Gasteiger partial charge in [0.25, 0.3) is 0 Å². The van der Waals surface area contributed by atoms with Gasteiger partial charge in [0.2, 0.25) is 0 Å². The SMILES string of the molecule is CCOC(=O)C1=C(C)N([C@@H]2CCS(=O)(=O)C2)C(=O)N[C@H]1c1ccc(F)cc1F. The van der Waals surface area contributed by atoms with Gasteiger partial charge in [-0.2, -0.15) is 0 Å². The zero-order valence-electron chi connectivity index (χ0n) is 15.4. The number of hydrogen-bond donors (Lipinski definition) is 1. The molecule has 1 fully saturated rings. The summed E-state index contributed by atoms with van der Waals surface area (Å²) in [5.41, 5.74) is 0.0881. The maximum Gasteiger partial charge on any atom is 0.338 e. The van der Waals surface area contributed by atoms with E-state index in [2.05, 4.69) is 5.32 Å². The Morgan fingerprint density at radius 1 is 1.36 bits per heavy atom. The van der Waals surface area contributed by atoms with E-state index in [1.54, 1.807) is 6.92 Å². The molecular formula is C18H20F2N2O5S. The average molecular weight is 414 g/mol. The first kappa shape index (κ1) is 20.2. The molecule has 3 rings (SSSR count). The lowest BCUT2D eigenvalue weighted by Gasteiger charge is -2.38. The van der Waals surface area contributed by atoms with Crippen molar-refractivity contribution in [3.8, 4) is 0 Å². The third kappa shape index (κ3) is 3.73. The highest BCUT2D eigenvalue weighted by Gasteiger charge is 2.43. The lowest BCUT2D eigenvalue weighted by molar-refractivity contribution is -0.139. The molecule has 2 atom stereocenters. The second-order valence-electron chi connectivity index (χ2n) is 6.69. The van der Waals surface area contributed by atoms with E-state index in [0.29, 0.717) is 6.07 Å². The minimum atomic E-state index is -3.28. The van der Waals surface area contributed by atoms with E-state index in [9.17, 15) is 26.8 Å². The van der Waals surface area contributed by atoms with E-state index in [-0.39, 0.29) is 41.4 Å². The standard InChI is InChI=1S/C18H20F2N2O5S/c1-3-27-17(23)15-10(2)22(12-6-7-28(25,26)9-12)18(24)21-16(15)13-5-4-11(19)8-14(13)20/h4-5,8,12,16H,3,6-7,9H2,1-2H3,(H,21,24)/t12-,16+/m1/s1. The van der Waals surface area contributed by atoms with Crippen LogP contribution in [0.3, 0.4) is 0 Å². The second-order valence-corrected chi connectivity index (χ2v) is 8.92. The Kier molecular flexibility index (Phi) is 5.42. The summed E-state index contributed by atoms with van der Waals surface area (Å²) in [5, 5.41) is 2.54. The second kappa shape index (κ2) is 7.50. The van der Waals surface area contributed by atoms with Crippen molar-refractivity contribution in [1.82, 2.24) is 10.2 Å². The topological polar surface area (TPSA) is 92.8 Å². The van der Waals surface area contributed by atoms with E-state index in [0.717, 1.165) is 12.1 Å². The van der Waals surface area contributed by atoms with Crippen molar-refractivity contribution in [2.45, 2.75) is 32.4 Å². The highest BCUT2D eigenvalue weighted by molar-refractivity contribution is 7.91. The van der Waals surface area contributed by atoms with Gasteiger partial charge in [-0.05, 0) is 26.3 Å². The Bertz CT molecular complexity index is 961. The van der Waals surface area contributed by atoms with Gasteiger partial charge in [0.15, 0.2) is 9.84 Å². The molecule has 2 aliphatic rings. The average Bonchev–Trinajstić information content (AvgIpc) is 2.94. The number of allylic oxidation sites excluding steroid dienone is 1. The van der Waals surface area contributed by atoms with Crippen LogP contribution >= 0.6 is 0 Å². The molecule has 0 bridgehead atoms. The van der Waals surface area contributed by atoms with Gasteiger partial charge in [0.1, 0.15) is 11.6 Å². The van der Waals surface area contributed by atoms with Gasteiger partial charge in [-0.25, -0.2) is 26.8 Å². The van der Waals surface area contributed by atoms with Gasteiger partial charge in [-0.15, -0.1) is 0 Å². The molecule has 0 aromatic heterocycles. The first-order valence-electron chi connectivity index (χ1n) is 8.77. The number of carbonyl (C=O) groups excluding carboxylic acids is 2. The van der Waals surface area contributed by atoms with Gasteiger partial charge in [0.05, 0.1) is 35.8 Å².